The van der Waals surface area contributed by atoms with Gasteiger partial charge in [-0.1, -0.05) is 56.7 Å². The summed E-state index contributed by atoms with van der Waals surface area (Å²) in [5.74, 6) is -1.80. The van der Waals surface area contributed by atoms with Gasteiger partial charge in [0.1, 0.15) is 11.6 Å². The van der Waals surface area contributed by atoms with E-state index in [1.807, 2.05) is 24.3 Å². The lowest BCUT2D eigenvalue weighted by molar-refractivity contribution is -0.142. The number of carbonyl (C=O) groups excluding carboxylic acids is 3. The summed E-state index contributed by atoms with van der Waals surface area (Å²) >= 11 is 0. The van der Waals surface area contributed by atoms with E-state index in [0.717, 1.165) is 56.9 Å². The number of hydrogen-bond acceptors (Lipinski definition) is 5. The van der Waals surface area contributed by atoms with E-state index in [0.29, 0.717) is 0 Å². The Morgan fingerprint density at radius 1 is 1.00 bits per heavy atom. The third-order valence-electron chi connectivity index (χ3n) is 8.90. The second-order valence-corrected chi connectivity index (χ2v) is 11.2. The average Bonchev–Trinajstić information content (AvgIpc) is 3.53. The Hall–Kier alpha value is -2.74. The van der Waals surface area contributed by atoms with Crippen molar-refractivity contribution >= 4 is 17.7 Å². The maximum atomic E-state index is 14.0. The van der Waals surface area contributed by atoms with Crippen LogP contribution >= 0.6 is 0 Å². The fraction of sp³-hybridized carbons (Fsp3) is 0.643. The monoisotopic (exact) mass is 492 g/mol. The summed E-state index contributed by atoms with van der Waals surface area (Å²) in [6.07, 6.45) is 17.4. The van der Waals surface area contributed by atoms with E-state index in [1.165, 1.54) is 12.8 Å². The fourth-order valence-corrected chi connectivity index (χ4v) is 7.20. The average molecular weight is 493 g/mol. The van der Waals surface area contributed by atoms with Crippen molar-refractivity contribution < 1.29 is 19.1 Å². The van der Waals surface area contributed by atoms with E-state index in [2.05, 4.69) is 15.6 Å². The van der Waals surface area contributed by atoms with Crippen molar-refractivity contribution in [2.75, 3.05) is 0 Å². The SMILES string of the molecule is O=C(NC1CCCCC1)[C@H]1[C@H]2C=C[C@@]3(O2)[C@H](C(=O)NC2CCCCC2)N(Cc2cccnc2)C(=O)[C@@H]13. The number of likely N-dealkylation sites (tertiary alicyclic amines) is 1. The van der Waals surface area contributed by atoms with Crippen molar-refractivity contribution in [3.63, 3.8) is 0 Å². The number of hydrogen-bond donors (Lipinski definition) is 2. The molecule has 5 atom stereocenters. The lowest BCUT2D eigenvalue weighted by Gasteiger charge is -2.34. The predicted molar refractivity (Wildman–Crippen MR) is 132 cm³/mol. The van der Waals surface area contributed by atoms with Crippen LogP contribution < -0.4 is 10.6 Å². The summed E-state index contributed by atoms with van der Waals surface area (Å²) in [6.45, 7) is 0.256. The van der Waals surface area contributed by atoms with Crippen molar-refractivity contribution in [2.45, 2.75) is 101 Å². The molecule has 36 heavy (non-hydrogen) atoms. The zero-order chi connectivity index (χ0) is 24.7. The molecule has 4 fully saturated rings. The molecule has 1 aromatic heterocycles. The van der Waals surface area contributed by atoms with Gasteiger partial charge in [-0.3, -0.25) is 19.4 Å². The number of rotatable bonds is 6. The smallest absolute Gasteiger partial charge is 0.246 e. The molecule has 1 spiro atoms. The summed E-state index contributed by atoms with van der Waals surface area (Å²) in [6, 6.07) is 3.19. The van der Waals surface area contributed by atoms with Crippen molar-refractivity contribution in [1.82, 2.24) is 20.5 Å². The number of fused-ring (bicyclic) bond motifs is 1. The van der Waals surface area contributed by atoms with Crippen LogP contribution in [0.2, 0.25) is 0 Å². The van der Waals surface area contributed by atoms with Gasteiger partial charge in [0.2, 0.25) is 17.7 Å². The highest BCUT2D eigenvalue weighted by Crippen LogP contribution is 2.55. The van der Waals surface area contributed by atoms with Gasteiger partial charge in [0.15, 0.2) is 0 Å². The zero-order valence-corrected chi connectivity index (χ0v) is 20.7. The molecule has 4 heterocycles. The topological polar surface area (TPSA) is 101 Å². The van der Waals surface area contributed by atoms with Crippen LogP contribution in [0.15, 0.2) is 36.7 Å². The number of ether oxygens (including phenoxy) is 1. The van der Waals surface area contributed by atoms with Crippen LogP contribution in [-0.2, 0) is 25.7 Å². The van der Waals surface area contributed by atoms with Gasteiger partial charge in [-0.25, -0.2) is 0 Å². The second-order valence-electron chi connectivity index (χ2n) is 11.2. The first-order valence-electron chi connectivity index (χ1n) is 13.7. The molecular weight excluding hydrogens is 456 g/mol. The molecule has 2 aliphatic carbocycles. The van der Waals surface area contributed by atoms with Crippen LogP contribution in [-0.4, -0.2) is 57.4 Å². The predicted octanol–water partition coefficient (Wildman–Crippen LogP) is 2.63. The maximum absolute atomic E-state index is 14.0. The summed E-state index contributed by atoms with van der Waals surface area (Å²) in [4.78, 5) is 47.2. The molecule has 3 amide bonds. The molecule has 2 N–H and O–H groups in total. The van der Waals surface area contributed by atoms with Gasteiger partial charge in [-0.05, 0) is 37.3 Å². The number of nitrogens with zero attached hydrogens (tertiary/aromatic N) is 2. The van der Waals surface area contributed by atoms with Crippen LogP contribution in [0, 0.1) is 11.8 Å². The van der Waals surface area contributed by atoms with E-state index >= 15 is 0 Å². The van der Waals surface area contributed by atoms with Crippen molar-refractivity contribution in [3.05, 3.63) is 42.2 Å². The van der Waals surface area contributed by atoms with E-state index in [1.54, 1.807) is 17.3 Å². The van der Waals surface area contributed by atoms with Crippen molar-refractivity contribution in [2.24, 2.45) is 11.8 Å². The van der Waals surface area contributed by atoms with Gasteiger partial charge < -0.3 is 20.3 Å². The molecule has 0 radical (unpaired) electrons. The van der Waals surface area contributed by atoms with E-state index < -0.39 is 29.6 Å². The highest BCUT2D eigenvalue weighted by atomic mass is 16.5. The molecule has 0 aromatic carbocycles. The van der Waals surface area contributed by atoms with Gasteiger partial charge in [-0.2, -0.15) is 0 Å². The molecular formula is C28H36N4O4. The zero-order valence-electron chi connectivity index (χ0n) is 20.7. The molecule has 0 unspecified atom stereocenters. The standard InChI is InChI=1S/C28H36N4O4/c33-25(30-19-9-3-1-4-10-19)22-21-13-14-28(36-21)23(22)27(35)32(17-18-8-7-15-29-16-18)24(28)26(34)31-20-11-5-2-6-12-20/h7-8,13-16,19-24H,1-6,9-12,17H2,(H,30,33)(H,31,34)/t21-,22+,23-,24+,28+/m1/s1. The van der Waals surface area contributed by atoms with Crippen molar-refractivity contribution in [1.29, 1.82) is 0 Å². The molecule has 3 aliphatic heterocycles. The minimum absolute atomic E-state index is 0.116. The van der Waals surface area contributed by atoms with Crippen LogP contribution in [0.25, 0.3) is 0 Å². The molecule has 2 saturated carbocycles. The Balaban J connectivity index is 1.30. The van der Waals surface area contributed by atoms with Gasteiger partial charge in [0, 0.05) is 31.0 Å². The van der Waals surface area contributed by atoms with Crippen LogP contribution in [0.5, 0.6) is 0 Å². The minimum atomic E-state index is -1.11. The first kappa shape index (κ1) is 23.6. The normalized spacial score (nSPS) is 34.1. The lowest BCUT2D eigenvalue weighted by atomic mass is 9.74. The molecule has 2 bridgehead atoms. The summed E-state index contributed by atoms with van der Waals surface area (Å²) < 4.78 is 6.46. The number of pyridine rings is 1. The van der Waals surface area contributed by atoms with E-state index in [9.17, 15) is 14.4 Å². The maximum Gasteiger partial charge on any atom is 0.246 e. The van der Waals surface area contributed by atoms with Crippen LogP contribution in [0.1, 0.15) is 69.8 Å². The lowest BCUT2D eigenvalue weighted by Crippen LogP contribution is -2.56. The van der Waals surface area contributed by atoms with Gasteiger partial charge in [-0.15, -0.1) is 0 Å². The summed E-state index contributed by atoms with van der Waals surface area (Å²) in [5, 5.41) is 6.45. The van der Waals surface area contributed by atoms with Gasteiger partial charge >= 0.3 is 0 Å². The Morgan fingerprint density at radius 3 is 2.31 bits per heavy atom. The molecule has 1 aromatic rings. The van der Waals surface area contributed by atoms with E-state index in [-0.39, 0.29) is 36.3 Å². The van der Waals surface area contributed by atoms with Crippen LogP contribution in [0.4, 0.5) is 0 Å². The Bertz CT molecular complexity index is 1030. The molecule has 2 saturated heterocycles. The highest BCUT2D eigenvalue weighted by Gasteiger charge is 2.72. The molecule has 192 valence electrons. The Morgan fingerprint density at radius 2 is 1.67 bits per heavy atom. The number of nitrogens with one attached hydrogen (secondary N) is 2. The third-order valence-corrected chi connectivity index (χ3v) is 8.90. The molecule has 8 heteroatoms. The van der Waals surface area contributed by atoms with Crippen molar-refractivity contribution in [3.8, 4) is 0 Å². The quantitative estimate of drug-likeness (QED) is 0.595. The first-order chi connectivity index (χ1) is 17.6. The van der Waals surface area contributed by atoms with Gasteiger partial charge in [0.25, 0.3) is 0 Å². The largest absolute Gasteiger partial charge is 0.359 e. The highest BCUT2D eigenvalue weighted by molar-refractivity contribution is 6.00. The van der Waals surface area contributed by atoms with E-state index in [4.69, 9.17) is 4.74 Å². The summed E-state index contributed by atoms with van der Waals surface area (Å²) in [5.41, 5.74) is -0.267. The molecule has 8 nitrogen and oxygen atoms in total. The number of amides is 3. The number of aromatic nitrogens is 1. The number of carbonyl (C=O) groups is 3. The van der Waals surface area contributed by atoms with Gasteiger partial charge in [0.05, 0.1) is 17.9 Å². The minimum Gasteiger partial charge on any atom is -0.359 e. The first-order valence-corrected chi connectivity index (χ1v) is 13.7. The molecule has 5 aliphatic rings. The third kappa shape index (κ3) is 4.03. The summed E-state index contributed by atoms with van der Waals surface area (Å²) in [7, 11) is 0. The second kappa shape index (κ2) is 9.61. The van der Waals surface area contributed by atoms with Crippen LogP contribution in [0.3, 0.4) is 0 Å². The fourth-order valence-electron chi connectivity index (χ4n) is 7.20. The Labute approximate surface area is 212 Å². The molecule has 6 rings (SSSR count). The Kier molecular flexibility index (Phi) is 6.32.